The van der Waals surface area contributed by atoms with Gasteiger partial charge >= 0.3 is 0 Å². The fraction of sp³-hybridized carbons (Fsp3) is 0.727. The highest BCUT2D eigenvalue weighted by molar-refractivity contribution is 4.78. The van der Waals surface area contributed by atoms with E-state index in [-0.39, 0.29) is 0 Å². The lowest BCUT2D eigenvalue weighted by Crippen LogP contribution is -2.35. The molecule has 74 valence electrons. The molecule has 0 saturated carbocycles. The number of hydrogen-bond donors (Lipinski definition) is 0. The van der Waals surface area contributed by atoms with Crippen LogP contribution in [0.1, 0.15) is 38.9 Å². The molecule has 0 aliphatic heterocycles. The molecule has 2 nitrogen and oxygen atoms in total. The van der Waals surface area contributed by atoms with Crippen LogP contribution in [0.5, 0.6) is 0 Å². The summed E-state index contributed by atoms with van der Waals surface area (Å²) in [6.07, 6.45) is 8.29. The van der Waals surface area contributed by atoms with E-state index in [0.29, 0.717) is 0 Å². The molecule has 0 spiro atoms. The summed E-state index contributed by atoms with van der Waals surface area (Å²) in [5, 5.41) is 0. The maximum atomic E-state index is 2.35. The van der Waals surface area contributed by atoms with Gasteiger partial charge in [-0.2, -0.15) is 0 Å². The van der Waals surface area contributed by atoms with E-state index in [1.54, 1.807) is 0 Å². The van der Waals surface area contributed by atoms with E-state index in [4.69, 9.17) is 0 Å². The van der Waals surface area contributed by atoms with Crippen molar-refractivity contribution >= 4 is 0 Å². The third-order valence-electron chi connectivity index (χ3n) is 2.60. The Morgan fingerprint density at radius 1 is 1.31 bits per heavy atom. The van der Waals surface area contributed by atoms with Gasteiger partial charge in [-0.1, -0.05) is 13.3 Å². The van der Waals surface area contributed by atoms with Crippen molar-refractivity contribution in [3.05, 3.63) is 18.2 Å². The number of rotatable bonds is 5. The van der Waals surface area contributed by atoms with Gasteiger partial charge in [0.15, 0.2) is 0 Å². The number of nitrogens with zero attached hydrogens (tertiary/aromatic N) is 2. The van der Waals surface area contributed by atoms with Gasteiger partial charge in [0.1, 0.15) is 12.4 Å². The van der Waals surface area contributed by atoms with E-state index in [2.05, 4.69) is 42.3 Å². The normalized spacial score (nSPS) is 10.7. The molecule has 0 fully saturated rings. The molecule has 0 saturated heterocycles. The zero-order valence-corrected chi connectivity index (χ0v) is 9.08. The third kappa shape index (κ3) is 2.58. The molecular weight excluding hydrogens is 160 g/mol. The second-order valence-electron chi connectivity index (χ2n) is 3.53. The van der Waals surface area contributed by atoms with Crippen LogP contribution in [0.4, 0.5) is 0 Å². The summed E-state index contributed by atoms with van der Waals surface area (Å²) in [6, 6.07) is 0. The quantitative estimate of drug-likeness (QED) is 0.487. The van der Waals surface area contributed by atoms with Crippen molar-refractivity contribution in [2.45, 2.75) is 53.1 Å². The average molecular weight is 181 g/mol. The van der Waals surface area contributed by atoms with E-state index in [1.165, 1.54) is 31.6 Å². The van der Waals surface area contributed by atoms with Crippen molar-refractivity contribution < 1.29 is 4.57 Å². The molecule has 1 rings (SSSR count). The highest BCUT2D eigenvalue weighted by atomic mass is 15.1. The molecular formula is C11H21N2+. The second-order valence-corrected chi connectivity index (χ2v) is 3.53. The molecule has 0 unspecified atom stereocenters. The Morgan fingerprint density at radius 2 is 2.08 bits per heavy atom. The summed E-state index contributed by atoms with van der Waals surface area (Å²) >= 11 is 0. The number of aromatic nitrogens is 2. The van der Waals surface area contributed by atoms with Gasteiger partial charge in [0.2, 0.25) is 0 Å². The predicted molar refractivity (Wildman–Crippen MR) is 54.6 cm³/mol. The molecule has 13 heavy (non-hydrogen) atoms. The van der Waals surface area contributed by atoms with Gasteiger partial charge in [-0.3, -0.25) is 0 Å². The van der Waals surface area contributed by atoms with Crippen molar-refractivity contribution in [1.82, 2.24) is 4.57 Å². The Balaban J connectivity index is 2.51. The van der Waals surface area contributed by atoms with E-state index in [9.17, 15) is 0 Å². The van der Waals surface area contributed by atoms with Crippen LogP contribution in [0, 0.1) is 6.92 Å². The average Bonchev–Trinajstić information content (AvgIpc) is 2.48. The molecule has 0 aliphatic rings. The summed E-state index contributed by atoms with van der Waals surface area (Å²) in [4.78, 5) is 0. The SMILES string of the molecule is CCCCC[n+]1ccn(CC)c1C. The van der Waals surface area contributed by atoms with Crippen LogP contribution in [-0.4, -0.2) is 4.57 Å². The first-order valence-corrected chi connectivity index (χ1v) is 5.34. The van der Waals surface area contributed by atoms with Crippen LogP contribution in [0.15, 0.2) is 12.4 Å². The standard InChI is InChI=1S/C11H21N2/c1-4-6-7-8-13-10-9-12(5-2)11(13)3/h9-10H,4-8H2,1-3H3/q+1. The van der Waals surface area contributed by atoms with Gasteiger partial charge in [0.25, 0.3) is 5.82 Å². The second kappa shape index (κ2) is 5.05. The Bertz CT molecular complexity index is 251. The Kier molecular flexibility index (Phi) is 4.00. The van der Waals surface area contributed by atoms with Crippen LogP contribution in [-0.2, 0) is 13.1 Å². The maximum absolute atomic E-state index is 2.35. The van der Waals surface area contributed by atoms with Crippen molar-refractivity contribution in [3.8, 4) is 0 Å². The topological polar surface area (TPSA) is 8.81 Å². The molecule has 0 aliphatic carbocycles. The minimum Gasteiger partial charge on any atom is -0.235 e. The minimum absolute atomic E-state index is 1.08. The first-order chi connectivity index (χ1) is 6.29. The van der Waals surface area contributed by atoms with Crippen LogP contribution in [0.3, 0.4) is 0 Å². The zero-order valence-electron chi connectivity index (χ0n) is 9.08. The molecule has 0 radical (unpaired) electrons. The number of hydrogen-bond acceptors (Lipinski definition) is 0. The minimum atomic E-state index is 1.08. The van der Waals surface area contributed by atoms with Crippen molar-refractivity contribution in [1.29, 1.82) is 0 Å². The fourth-order valence-electron chi connectivity index (χ4n) is 1.64. The first-order valence-electron chi connectivity index (χ1n) is 5.34. The fourth-order valence-corrected chi connectivity index (χ4v) is 1.64. The summed E-state index contributed by atoms with van der Waals surface area (Å²) in [6.45, 7) is 8.87. The molecule has 0 amide bonds. The van der Waals surface area contributed by atoms with E-state index in [1.807, 2.05) is 0 Å². The highest BCUT2D eigenvalue weighted by Gasteiger charge is 2.08. The van der Waals surface area contributed by atoms with E-state index < -0.39 is 0 Å². The monoisotopic (exact) mass is 181 g/mol. The largest absolute Gasteiger partial charge is 0.253 e. The van der Waals surface area contributed by atoms with Gasteiger partial charge < -0.3 is 0 Å². The van der Waals surface area contributed by atoms with Crippen molar-refractivity contribution in [2.24, 2.45) is 0 Å². The Labute approximate surface area is 81.2 Å². The molecule has 0 N–H and O–H groups in total. The summed E-state index contributed by atoms with van der Waals surface area (Å²) in [7, 11) is 0. The molecule has 1 heterocycles. The Hall–Kier alpha value is -0.790. The first kappa shape index (κ1) is 10.3. The zero-order chi connectivity index (χ0) is 9.68. The van der Waals surface area contributed by atoms with Crippen LogP contribution in [0.2, 0.25) is 0 Å². The van der Waals surface area contributed by atoms with Crippen molar-refractivity contribution in [2.75, 3.05) is 0 Å². The molecule has 0 bridgehead atoms. The summed E-state index contributed by atoms with van der Waals surface area (Å²) in [5.41, 5.74) is 0. The Morgan fingerprint density at radius 3 is 2.62 bits per heavy atom. The molecule has 1 aromatic heterocycles. The van der Waals surface area contributed by atoms with Crippen LogP contribution < -0.4 is 4.57 Å². The predicted octanol–water partition coefficient (Wildman–Crippen LogP) is 2.29. The maximum Gasteiger partial charge on any atom is 0.253 e. The molecule has 2 heteroatoms. The number of imidazole rings is 1. The molecule has 0 aromatic carbocycles. The smallest absolute Gasteiger partial charge is 0.235 e. The van der Waals surface area contributed by atoms with Crippen LogP contribution in [0.25, 0.3) is 0 Å². The van der Waals surface area contributed by atoms with Gasteiger partial charge in [-0.15, -0.1) is 0 Å². The lowest BCUT2D eigenvalue weighted by molar-refractivity contribution is -0.702. The van der Waals surface area contributed by atoms with E-state index >= 15 is 0 Å². The summed E-state index contributed by atoms with van der Waals surface area (Å²) in [5.74, 6) is 1.37. The van der Waals surface area contributed by atoms with Crippen LogP contribution >= 0.6 is 0 Å². The van der Waals surface area contributed by atoms with Gasteiger partial charge in [0.05, 0.1) is 13.1 Å². The molecule has 0 atom stereocenters. The van der Waals surface area contributed by atoms with Gasteiger partial charge in [-0.25, -0.2) is 9.13 Å². The molecule has 1 aromatic rings. The lowest BCUT2D eigenvalue weighted by atomic mass is 10.2. The van der Waals surface area contributed by atoms with Crippen molar-refractivity contribution in [3.63, 3.8) is 0 Å². The third-order valence-corrected chi connectivity index (χ3v) is 2.60. The number of aryl methyl sites for hydroxylation is 2. The van der Waals surface area contributed by atoms with Gasteiger partial charge in [0, 0.05) is 6.92 Å². The number of unbranched alkanes of at least 4 members (excludes halogenated alkanes) is 2. The van der Waals surface area contributed by atoms with E-state index in [0.717, 1.165) is 6.54 Å². The lowest BCUT2D eigenvalue weighted by Gasteiger charge is -1.98. The summed E-state index contributed by atoms with van der Waals surface area (Å²) < 4.78 is 4.63. The van der Waals surface area contributed by atoms with Gasteiger partial charge in [-0.05, 0) is 19.8 Å². The highest BCUT2D eigenvalue weighted by Crippen LogP contribution is 1.97.